The van der Waals surface area contributed by atoms with Crippen LogP contribution in [0.4, 0.5) is 0 Å². The molecule has 2 aromatic carbocycles. The molecule has 0 aliphatic heterocycles. The van der Waals surface area contributed by atoms with Gasteiger partial charge >= 0.3 is 5.97 Å². The molecule has 21 heavy (non-hydrogen) atoms. The summed E-state index contributed by atoms with van der Waals surface area (Å²) in [6, 6.07) is 15.2. The summed E-state index contributed by atoms with van der Waals surface area (Å²) in [5, 5.41) is 9.07. The molecule has 0 saturated heterocycles. The molecule has 2 atom stereocenters. The minimum atomic E-state index is -1.42. The number of benzene rings is 2. The summed E-state index contributed by atoms with van der Waals surface area (Å²) in [4.78, 5) is 10.6. The van der Waals surface area contributed by atoms with E-state index >= 15 is 0 Å². The highest BCUT2D eigenvalue weighted by molar-refractivity contribution is 7.92. The number of halogens is 1. The fourth-order valence-corrected chi connectivity index (χ4v) is 3.07. The van der Waals surface area contributed by atoms with Crippen LogP contribution in [0, 0.1) is 0 Å². The van der Waals surface area contributed by atoms with Gasteiger partial charge < -0.3 is 9.66 Å². The van der Waals surface area contributed by atoms with E-state index in [1.54, 1.807) is 6.92 Å². The third kappa shape index (κ3) is 4.24. The summed E-state index contributed by atoms with van der Waals surface area (Å²) in [5.41, 5.74) is 2.95. The number of hydrogen-bond acceptors (Lipinski definition) is 2. The highest BCUT2D eigenvalue weighted by Gasteiger charge is 2.22. The number of carbonyl (C=O) groups is 1. The number of rotatable bonds is 5. The van der Waals surface area contributed by atoms with Gasteiger partial charge in [0.25, 0.3) is 0 Å². The molecule has 0 spiro atoms. The predicted octanol–water partition coefficient (Wildman–Crippen LogP) is 3.90. The van der Waals surface area contributed by atoms with E-state index in [4.69, 9.17) is 16.7 Å². The Morgan fingerprint density at radius 2 is 1.62 bits per heavy atom. The molecular weight excluding hydrogens is 308 g/mol. The first kappa shape index (κ1) is 15.9. The molecule has 0 saturated carbocycles. The molecule has 3 nitrogen and oxygen atoms in total. The van der Waals surface area contributed by atoms with Crippen LogP contribution in [0.2, 0.25) is 5.02 Å². The zero-order valence-corrected chi connectivity index (χ0v) is 13.0. The fraction of sp³-hybridized carbons (Fsp3) is 0.188. The van der Waals surface area contributed by atoms with E-state index in [0.29, 0.717) is 5.02 Å². The lowest BCUT2D eigenvalue weighted by molar-refractivity contribution is -0.134. The van der Waals surface area contributed by atoms with Gasteiger partial charge in [0, 0.05) is 10.6 Å². The van der Waals surface area contributed by atoms with Gasteiger partial charge in [-0.05, 0) is 41.4 Å². The zero-order chi connectivity index (χ0) is 15.4. The topological polar surface area (TPSA) is 60.4 Å². The monoisotopic (exact) mass is 322 g/mol. The van der Waals surface area contributed by atoms with Crippen molar-refractivity contribution >= 4 is 28.7 Å². The molecule has 2 unspecified atom stereocenters. The molecule has 0 aliphatic rings. The van der Waals surface area contributed by atoms with Gasteiger partial charge in [-0.1, -0.05) is 48.0 Å². The van der Waals surface area contributed by atoms with Gasteiger partial charge in [-0.3, -0.25) is 0 Å². The summed E-state index contributed by atoms with van der Waals surface area (Å²) < 4.78 is 11.9. The van der Waals surface area contributed by atoms with Crippen LogP contribution in [0.25, 0.3) is 11.1 Å². The Labute approximate surface area is 131 Å². The van der Waals surface area contributed by atoms with E-state index in [0.717, 1.165) is 16.7 Å². The van der Waals surface area contributed by atoms with Gasteiger partial charge in [-0.2, -0.15) is 0 Å². The van der Waals surface area contributed by atoms with Crippen molar-refractivity contribution in [1.29, 1.82) is 0 Å². The molecular formula is C16H15ClO3S. The maximum absolute atomic E-state index is 11.9. The van der Waals surface area contributed by atoms with Crippen molar-refractivity contribution in [2.75, 3.05) is 5.75 Å². The smallest absolute Gasteiger partial charge is 0.353 e. The quantitative estimate of drug-likeness (QED) is 0.849. The number of hydrogen-bond donors (Lipinski definition) is 1. The van der Waals surface area contributed by atoms with Gasteiger partial charge in [0.15, 0.2) is 0 Å². The highest BCUT2D eigenvalue weighted by Crippen LogP contribution is 2.26. The van der Waals surface area contributed by atoms with Gasteiger partial charge in [0.2, 0.25) is 5.75 Å². The van der Waals surface area contributed by atoms with Crippen molar-refractivity contribution in [1.82, 2.24) is 0 Å². The van der Waals surface area contributed by atoms with Crippen molar-refractivity contribution in [3.63, 3.8) is 0 Å². The lowest BCUT2D eigenvalue weighted by Gasteiger charge is -2.17. The Hall–Kier alpha value is -1.49. The summed E-state index contributed by atoms with van der Waals surface area (Å²) in [6.07, 6.45) is 0. The summed E-state index contributed by atoms with van der Waals surface area (Å²) in [5.74, 6) is -1.38. The third-order valence-corrected chi connectivity index (χ3v) is 5.06. The molecule has 0 fully saturated rings. The Bertz CT molecular complexity index is 610. The summed E-state index contributed by atoms with van der Waals surface area (Å²) in [6.45, 7) is 1.77. The van der Waals surface area contributed by atoms with Crippen molar-refractivity contribution in [2.24, 2.45) is 0 Å². The van der Waals surface area contributed by atoms with Crippen LogP contribution < -0.4 is 0 Å². The van der Waals surface area contributed by atoms with Crippen LogP contribution in [-0.4, -0.2) is 21.4 Å². The van der Waals surface area contributed by atoms with E-state index in [9.17, 15) is 9.35 Å². The Balaban J connectivity index is 2.15. The van der Waals surface area contributed by atoms with Gasteiger partial charge in [-0.15, -0.1) is 0 Å². The van der Waals surface area contributed by atoms with Crippen molar-refractivity contribution in [2.45, 2.75) is 12.2 Å². The first-order valence-corrected chi connectivity index (χ1v) is 8.18. The van der Waals surface area contributed by atoms with Crippen LogP contribution in [0.15, 0.2) is 48.5 Å². The Morgan fingerprint density at radius 3 is 2.10 bits per heavy atom. The number of carboxylic acid groups (broad SMARTS) is 1. The second-order valence-electron chi connectivity index (χ2n) is 4.69. The Kier molecular flexibility index (Phi) is 5.28. The predicted molar refractivity (Wildman–Crippen MR) is 85.9 cm³/mol. The van der Waals surface area contributed by atoms with E-state index in [-0.39, 0.29) is 11.0 Å². The molecule has 0 bridgehead atoms. The normalized spacial score (nSPS) is 13.7. The third-order valence-electron chi connectivity index (χ3n) is 3.22. The molecule has 0 aliphatic carbocycles. The summed E-state index contributed by atoms with van der Waals surface area (Å²) in [7, 11) is 0. The minimum Gasteiger partial charge on any atom is -0.615 e. The average molecular weight is 323 g/mol. The van der Waals surface area contributed by atoms with Gasteiger partial charge in [0.05, 0.1) is 0 Å². The van der Waals surface area contributed by atoms with Crippen LogP contribution >= 0.6 is 11.6 Å². The van der Waals surface area contributed by atoms with Gasteiger partial charge in [0.1, 0.15) is 5.25 Å². The summed E-state index contributed by atoms with van der Waals surface area (Å²) >= 11 is 4.44. The zero-order valence-electron chi connectivity index (χ0n) is 11.5. The van der Waals surface area contributed by atoms with Crippen molar-refractivity contribution in [3.05, 3.63) is 59.1 Å². The molecule has 1 N–H and O–H groups in total. The van der Waals surface area contributed by atoms with E-state index in [1.807, 2.05) is 48.5 Å². The van der Waals surface area contributed by atoms with Crippen LogP contribution in [0.3, 0.4) is 0 Å². The molecule has 0 amide bonds. The van der Waals surface area contributed by atoms with Crippen LogP contribution in [0.5, 0.6) is 0 Å². The first-order valence-electron chi connectivity index (χ1n) is 6.42. The molecule has 2 rings (SSSR count). The molecule has 5 heteroatoms. The largest absolute Gasteiger partial charge is 0.615 e. The molecule has 0 heterocycles. The lowest BCUT2D eigenvalue weighted by Crippen LogP contribution is -2.20. The molecule has 110 valence electrons. The van der Waals surface area contributed by atoms with Gasteiger partial charge in [-0.25, -0.2) is 4.79 Å². The van der Waals surface area contributed by atoms with Crippen LogP contribution in [-0.2, 0) is 16.0 Å². The lowest BCUT2D eigenvalue weighted by atomic mass is 10.0. The maximum Gasteiger partial charge on any atom is 0.353 e. The SMILES string of the molecule is CC(c1ccc(-c2ccc(Cl)cc2)cc1)[S+]([O-])CC(=O)O. The number of carboxylic acids is 1. The second-order valence-corrected chi connectivity index (χ2v) is 6.88. The Morgan fingerprint density at radius 1 is 1.14 bits per heavy atom. The van der Waals surface area contributed by atoms with Crippen molar-refractivity contribution < 1.29 is 14.5 Å². The number of aliphatic carboxylic acids is 1. The second kappa shape index (κ2) is 6.98. The fourth-order valence-electron chi connectivity index (χ4n) is 1.99. The van der Waals surface area contributed by atoms with Crippen molar-refractivity contribution in [3.8, 4) is 11.1 Å². The average Bonchev–Trinajstić information content (AvgIpc) is 2.47. The molecule has 0 radical (unpaired) electrons. The highest BCUT2D eigenvalue weighted by atomic mass is 35.5. The maximum atomic E-state index is 11.9. The van der Waals surface area contributed by atoms with E-state index < -0.39 is 17.1 Å². The first-order chi connectivity index (χ1) is 9.97. The standard InChI is InChI=1S/C16H15ClO3S/c1-11(21(20)10-16(18)19)12-2-4-13(5-3-12)14-6-8-15(17)9-7-14/h2-9,11H,10H2,1H3,(H,18,19). The molecule has 0 aromatic heterocycles. The molecule has 2 aromatic rings. The minimum absolute atomic E-state index is 0.305. The van der Waals surface area contributed by atoms with E-state index in [1.165, 1.54) is 0 Å². The van der Waals surface area contributed by atoms with E-state index in [2.05, 4.69) is 0 Å². The van der Waals surface area contributed by atoms with Crippen LogP contribution in [0.1, 0.15) is 17.7 Å².